The molecule has 0 aliphatic heterocycles. The number of hydrogen-bond donors (Lipinski definition) is 1. The van der Waals surface area contributed by atoms with Gasteiger partial charge in [0.25, 0.3) is 0 Å². The molecule has 0 saturated carbocycles. The Kier molecular flexibility index (Phi) is 5.98. The zero-order chi connectivity index (χ0) is 11.8. The van der Waals surface area contributed by atoms with Crippen molar-refractivity contribution in [1.82, 2.24) is 5.32 Å². The van der Waals surface area contributed by atoms with Crippen molar-refractivity contribution in [2.45, 2.75) is 19.9 Å². The fourth-order valence-corrected chi connectivity index (χ4v) is 1.59. The first-order valence-electron chi connectivity index (χ1n) is 5.50. The Morgan fingerprint density at radius 1 is 1.50 bits per heavy atom. The van der Waals surface area contributed by atoms with E-state index in [-0.39, 0.29) is 0 Å². The molecule has 0 heterocycles. The van der Waals surface area contributed by atoms with Gasteiger partial charge in [0.05, 0.1) is 5.02 Å². The Hall–Kier alpha value is -0.990. The second-order valence-electron chi connectivity index (χ2n) is 3.54. The lowest BCUT2D eigenvalue weighted by atomic mass is 10.2. The number of nitrogens with one attached hydrogen (secondary N) is 1. The van der Waals surface area contributed by atoms with Crippen molar-refractivity contribution in [1.29, 1.82) is 0 Å². The highest BCUT2D eigenvalue weighted by atomic mass is 35.5. The van der Waals surface area contributed by atoms with Crippen molar-refractivity contribution < 1.29 is 4.74 Å². The average molecular weight is 240 g/mol. The van der Waals surface area contributed by atoms with E-state index >= 15 is 0 Å². The fourth-order valence-electron chi connectivity index (χ4n) is 1.33. The molecule has 1 N–H and O–H groups in total. The second-order valence-corrected chi connectivity index (χ2v) is 3.95. The quantitative estimate of drug-likeness (QED) is 0.582. The van der Waals surface area contributed by atoms with E-state index in [0.29, 0.717) is 17.4 Å². The molecule has 1 aromatic rings. The number of benzene rings is 1. The molecular formula is C13H18ClNO. The molecule has 0 atom stereocenters. The van der Waals surface area contributed by atoms with Crippen LogP contribution < -0.4 is 10.1 Å². The zero-order valence-corrected chi connectivity index (χ0v) is 10.4. The number of hydrogen-bond acceptors (Lipinski definition) is 2. The molecule has 88 valence electrons. The van der Waals surface area contributed by atoms with Crippen molar-refractivity contribution in [3.63, 3.8) is 0 Å². The summed E-state index contributed by atoms with van der Waals surface area (Å²) in [4.78, 5) is 0. The highest BCUT2D eigenvalue weighted by Gasteiger charge is 2.02. The Balaban J connectivity index is 2.56. The number of ether oxygens (including phenoxy) is 1. The summed E-state index contributed by atoms with van der Waals surface area (Å²) in [7, 11) is 0. The Morgan fingerprint density at radius 3 is 2.94 bits per heavy atom. The van der Waals surface area contributed by atoms with Gasteiger partial charge in [-0.2, -0.15) is 0 Å². The number of rotatable bonds is 7. The molecule has 0 saturated heterocycles. The molecule has 3 heteroatoms. The first-order chi connectivity index (χ1) is 7.77. The van der Waals surface area contributed by atoms with Crippen LogP contribution in [0.1, 0.15) is 18.9 Å². The lowest BCUT2D eigenvalue weighted by Crippen LogP contribution is -2.13. The van der Waals surface area contributed by atoms with Gasteiger partial charge in [0.2, 0.25) is 0 Å². The van der Waals surface area contributed by atoms with Gasteiger partial charge in [0.15, 0.2) is 0 Å². The number of halogens is 1. The van der Waals surface area contributed by atoms with Crippen LogP contribution in [0.2, 0.25) is 5.02 Å². The summed E-state index contributed by atoms with van der Waals surface area (Å²) >= 11 is 6.09. The van der Waals surface area contributed by atoms with Gasteiger partial charge in [-0.25, -0.2) is 0 Å². The molecule has 0 aliphatic rings. The van der Waals surface area contributed by atoms with E-state index < -0.39 is 0 Å². The van der Waals surface area contributed by atoms with Crippen molar-refractivity contribution in [3.05, 3.63) is 41.4 Å². The molecule has 0 aromatic heterocycles. The highest BCUT2D eigenvalue weighted by Crippen LogP contribution is 2.25. The van der Waals surface area contributed by atoms with Crippen LogP contribution in [0.5, 0.6) is 5.75 Å². The third kappa shape index (κ3) is 4.25. The third-order valence-electron chi connectivity index (χ3n) is 2.11. The second kappa shape index (κ2) is 7.31. The molecule has 0 unspecified atom stereocenters. The van der Waals surface area contributed by atoms with Gasteiger partial charge in [-0.3, -0.25) is 0 Å². The maximum Gasteiger partial charge on any atom is 0.138 e. The van der Waals surface area contributed by atoms with Crippen molar-refractivity contribution in [2.75, 3.05) is 13.2 Å². The molecule has 0 bridgehead atoms. The Labute approximate surface area is 102 Å². The standard InChI is InChI=1S/C13H18ClNO/c1-3-7-15-10-11-5-6-13(12(14)9-11)16-8-4-2/h4-6,9,15H,2-3,7-8,10H2,1H3. The summed E-state index contributed by atoms with van der Waals surface area (Å²) in [6.07, 6.45) is 2.83. The van der Waals surface area contributed by atoms with E-state index in [4.69, 9.17) is 16.3 Å². The molecule has 2 nitrogen and oxygen atoms in total. The van der Waals surface area contributed by atoms with Crippen LogP contribution in [0, 0.1) is 0 Å². The summed E-state index contributed by atoms with van der Waals surface area (Å²) in [5.41, 5.74) is 1.17. The minimum atomic E-state index is 0.479. The van der Waals surface area contributed by atoms with Crippen LogP contribution in [0.4, 0.5) is 0 Å². The van der Waals surface area contributed by atoms with Gasteiger partial charge in [-0.1, -0.05) is 37.2 Å². The molecule has 0 spiro atoms. The van der Waals surface area contributed by atoms with E-state index in [1.807, 2.05) is 18.2 Å². The first-order valence-corrected chi connectivity index (χ1v) is 5.88. The van der Waals surface area contributed by atoms with E-state index in [9.17, 15) is 0 Å². The van der Waals surface area contributed by atoms with Gasteiger partial charge in [-0.05, 0) is 30.7 Å². The third-order valence-corrected chi connectivity index (χ3v) is 2.40. The average Bonchev–Trinajstić information content (AvgIpc) is 2.28. The van der Waals surface area contributed by atoms with E-state index in [1.165, 1.54) is 5.56 Å². The van der Waals surface area contributed by atoms with Gasteiger partial charge >= 0.3 is 0 Å². The van der Waals surface area contributed by atoms with Gasteiger partial charge in [-0.15, -0.1) is 0 Å². The van der Waals surface area contributed by atoms with Crippen molar-refractivity contribution >= 4 is 11.6 Å². The summed E-state index contributed by atoms with van der Waals surface area (Å²) in [6, 6.07) is 5.85. The molecule has 0 amide bonds. The van der Waals surface area contributed by atoms with Crippen LogP contribution in [0.3, 0.4) is 0 Å². The first kappa shape index (κ1) is 13.1. The maximum absolute atomic E-state index is 6.09. The molecule has 0 fully saturated rings. The smallest absolute Gasteiger partial charge is 0.138 e. The summed E-state index contributed by atoms with van der Waals surface area (Å²) in [5.74, 6) is 0.709. The van der Waals surface area contributed by atoms with Gasteiger partial charge < -0.3 is 10.1 Å². The largest absolute Gasteiger partial charge is 0.488 e. The van der Waals surface area contributed by atoms with Gasteiger partial charge in [0.1, 0.15) is 12.4 Å². The van der Waals surface area contributed by atoms with E-state index in [2.05, 4.69) is 18.8 Å². The predicted molar refractivity (Wildman–Crippen MR) is 69.1 cm³/mol. The Bertz CT molecular complexity index is 339. The summed E-state index contributed by atoms with van der Waals surface area (Å²) in [5, 5.41) is 3.98. The Morgan fingerprint density at radius 2 is 2.31 bits per heavy atom. The highest BCUT2D eigenvalue weighted by molar-refractivity contribution is 6.32. The molecule has 16 heavy (non-hydrogen) atoms. The van der Waals surface area contributed by atoms with Gasteiger partial charge in [0, 0.05) is 6.54 Å². The molecule has 0 aliphatic carbocycles. The molecular weight excluding hydrogens is 222 g/mol. The van der Waals surface area contributed by atoms with E-state index in [1.54, 1.807) is 6.08 Å². The minimum absolute atomic E-state index is 0.479. The van der Waals surface area contributed by atoms with Crippen molar-refractivity contribution in [2.24, 2.45) is 0 Å². The van der Waals surface area contributed by atoms with Crippen LogP contribution >= 0.6 is 11.6 Å². The van der Waals surface area contributed by atoms with Crippen LogP contribution in [-0.4, -0.2) is 13.2 Å². The normalized spacial score (nSPS) is 10.1. The summed E-state index contributed by atoms with van der Waals surface area (Å²) in [6.45, 7) is 8.08. The molecule has 0 radical (unpaired) electrons. The van der Waals surface area contributed by atoms with E-state index in [0.717, 1.165) is 19.5 Å². The lowest BCUT2D eigenvalue weighted by molar-refractivity contribution is 0.363. The van der Waals surface area contributed by atoms with Crippen LogP contribution in [0.15, 0.2) is 30.9 Å². The van der Waals surface area contributed by atoms with Crippen molar-refractivity contribution in [3.8, 4) is 5.75 Å². The van der Waals surface area contributed by atoms with Crippen LogP contribution in [0.25, 0.3) is 0 Å². The topological polar surface area (TPSA) is 21.3 Å². The maximum atomic E-state index is 6.09. The monoisotopic (exact) mass is 239 g/mol. The summed E-state index contributed by atoms with van der Waals surface area (Å²) < 4.78 is 5.40. The fraction of sp³-hybridized carbons (Fsp3) is 0.385. The van der Waals surface area contributed by atoms with Crippen LogP contribution in [-0.2, 0) is 6.54 Å². The molecule has 1 rings (SSSR count). The SMILES string of the molecule is C=CCOc1ccc(CNCCC)cc1Cl. The minimum Gasteiger partial charge on any atom is -0.488 e. The zero-order valence-electron chi connectivity index (χ0n) is 9.63. The predicted octanol–water partition coefficient (Wildman–Crippen LogP) is 3.40. The lowest BCUT2D eigenvalue weighted by Gasteiger charge is -2.08. The molecule has 1 aromatic carbocycles.